The highest BCUT2D eigenvalue weighted by Crippen LogP contribution is 2.15. The molecule has 16 heavy (non-hydrogen) atoms. The van der Waals surface area contributed by atoms with Crippen LogP contribution >= 0.6 is 0 Å². The molecule has 1 saturated heterocycles. The van der Waals surface area contributed by atoms with Gasteiger partial charge in [-0.3, -0.25) is 0 Å². The number of amidine groups is 1. The molecule has 3 heteroatoms. The molecular weight excluding hydrogens is 198 g/mol. The first-order chi connectivity index (χ1) is 7.74. The second-order valence-electron chi connectivity index (χ2n) is 4.07. The molecule has 0 N–H and O–H groups in total. The Bertz CT molecular complexity index is 221. The van der Waals surface area contributed by atoms with Crippen LogP contribution in [-0.2, 0) is 0 Å². The average molecular weight is 225 g/mol. The van der Waals surface area contributed by atoms with Gasteiger partial charge >= 0.3 is 0 Å². The molecule has 3 nitrogen and oxygen atoms in total. The van der Waals surface area contributed by atoms with Crippen LogP contribution in [0.2, 0.25) is 0 Å². The zero-order chi connectivity index (χ0) is 12.4. The van der Waals surface area contributed by atoms with E-state index in [9.17, 15) is 0 Å². The van der Waals surface area contributed by atoms with E-state index >= 15 is 0 Å². The molecule has 1 fully saturated rings. The second-order valence-corrected chi connectivity index (χ2v) is 4.07. The van der Waals surface area contributed by atoms with E-state index < -0.39 is 0 Å². The fourth-order valence-electron chi connectivity index (χ4n) is 1.60. The van der Waals surface area contributed by atoms with Gasteiger partial charge in [0.25, 0.3) is 0 Å². The molecule has 0 aromatic heterocycles. The van der Waals surface area contributed by atoms with Gasteiger partial charge in [-0.05, 0) is 25.7 Å². The van der Waals surface area contributed by atoms with Crippen molar-refractivity contribution >= 4 is 12.1 Å². The Labute approximate surface area is 101 Å². The van der Waals surface area contributed by atoms with E-state index in [1.165, 1.54) is 6.42 Å². The SMILES string of the molecule is CC.CCC/C=N\N=C(/C)N1CCC(C)C1. The third-order valence-electron chi connectivity index (χ3n) is 2.58. The van der Waals surface area contributed by atoms with Crippen molar-refractivity contribution < 1.29 is 0 Å². The Morgan fingerprint density at radius 1 is 1.44 bits per heavy atom. The van der Waals surface area contributed by atoms with Crippen LogP contribution in [0.25, 0.3) is 0 Å². The second kappa shape index (κ2) is 9.37. The highest BCUT2D eigenvalue weighted by atomic mass is 15.3. The summed E-state index contributed by atoms with van der Waals surface area (Å²) in [6.45, 7) is 12.7. The molecule has 0 bridgehead atoms. The predicted molar refractivity (Wildman–Crippen MR) is 73.2 cm³/mol. The number of hydrogen-bond donors (Lipinski definition) is 0. The summed E-state index contributed by atoms with van der Waals surface area (Å²) in [6.07, 6.45) is 5.33. The first kappa shape index (κ1) is 15.1. The Morgan fingerprint density at radius 2 is 2.12 bits per heavy atom. The monoisotopic (exact) mass is 225 g/mol. The van der Waals surface area contributed by atoms with Gasteiger partial charge in [-0.25, -0.2) is 0 Å². The van der Waals surface area contributed by atoms with Crippen molar-refractivity contribution in [1.29, 1.82) is 0 Å². The summed E-state index contributed by atoms with van der Waals surface area (Å²) >= 11 is 0. The zero-order valence-corrected chi connectivity index (χ0v) is 11.5. The van der Waals surface area contributed by atoms with Crippen LogP contribution in [0.4, 0.5) is 0 Å². The van der Waals surface area contributed by atoms with E-state index in [-0.39, 0.29) is 0 Å². The molecule has 1 aliphatic rings. The van der Waals surface area contributed by atoms with Gasteiger partial charge in [-0.1, -0.05) is 34.1 Å². The topological polar surface area (TPSA) is 28.0 Å². The minimum atomic E-state index is 0.805. The summed E-state index contributed by atoms with van der Waals surface area (Å²) in [7, 11) is 0. The summed E-state index contributed by atoms with van der Waals surface area (Å²) in [4.78, 5) is 2.31. The van der Waals surface area contributed by atoms with E-state index in [2.05, 4.69) is 29.0 Å². The largest absolute Gasteiger partial charge is 0.359 e. The van der Waals surface area contributed by atoms with Crippen molar-refractivity contribution in [1.82, 2.24) is 4.90 Å². The predicted octanol–water partition coefficient (Wildman–Crippen LogP) is 3.56. The van der Waals surface area contributed by atoms with Crippen LogP contribution < -0.4 is 0 Å². The standard InChI is InChI=1S/C11H21N3.C2H6/c1-4-5-7-12-13-11(3)14-8-6-10(2)9-14;1-2/h7,10H,4-6,8-9H2,1-3H3;1-2H3/b12-7-,13-11+;. The maximum Gasteiger partial charge on any atom is 0.124 e. The molecule has 94 valence electrons. The van der Waals surface area contributed by atoms with E-state index in [4.69, 9.17) is 0 Å². The highest BCUT2D eigenvalue weighted by Gasteiger charge is 2.19. The molecule has 0 saturated carbocycles. The lowest BCUT2D eigenvalue weighted by Gasteiger charge is -2.15. The summed E-state index contributed by atoms with van der Waals surface area (Å²) in [6, 6.07) is 0. The third kappa shape index (κ3) is 5.89. The van der Waals surface area contributed by atoms with Gasteiger partial charge < -0.3 is 4.90 Å². The number of nitrogens with zero attached hydrogens (tertiary/aromatic N) is 3. The van der Waals surface area contributed by atoms with E-state index in [0.29, 0.717) is 0 Å². The van der Waals surface area contributed by atoms with Gasteiger partial charge in [0, 0.05) is 19.3 Å². The van der Waals surface area contributed by atoms with Crippen molar-refractivity contribution in [2.45, 2.75) is 53.9 Å². The lowest BCUT2D eigenvalue weighted by molar-refractivity contribution is 0.490. The molecule has 0 aromatic rings. The Morgan fingerprint density at radius 3 is 2.62 bits per heavy atom. The van der Waals surface area contributed by atoms with Crippen LogP contribution in [0.5, 0.6) is 0 Å². The van der Waals surface area contributed by atoms with Crippen molar-refractivity contribution in [2.75, 3.05) is 13.1 Å². The summed E-state index contributed by atoms with van der Waals surface area (Å²) < 4.78 is 0. The molecule has 0 amide bonds. The number of hydrogen-bond acceptors (Lipinski definition) is 2. The highest BCUT2D eigenvalue weighted by molar-refractivity contribution is 5.80. The van der Waals surface area contributed by atoms with Crippen LogP contribution in [0.3, 0.4) is 0 Å². The van der Waals surface area contributed by atoms with E-state index in [0.717, 1.165) is 37.7 Å². The van der Waals surface area contributed by atoms with Gasteiger partial charge in [0.15, 0.2) is 0 Å². The van der Waals surface area contributed by atoms with Gasteiger partial charge in [-0.15, -0.1) is 5.10 Å². The quantitative estimate of drug-likeness (QED) is 0.410. The summed E-state index contributed by atoms with van der Waals surface area (Å²) in [5.41, 5.74) is 0. The number of unbranched alkanes of at least 4 members (excludes halogenated alkanes) is 1. The van der Waals surface area contributed by atoms with Crippen LogP contribution in [0, 0.1) is 5.92 Å². The lowest BCUT2D eigenvalue weighted by atomic mass is 10.2. The molecule has 1 heterocycles. The smallest absolute Gasteiger partial charge is 0.124 e. The van der Waals surface area contributed by atoms with Gasteiger partial charge in [0.1, 0.15) is 5.84 Å². The van der Waals surface area contributed by atoms with Crippen molar-refractivity contribution in [3.8, 4) is 0 Å². The van der Waals surface area contributed by atoms with Gasteiger partial charge in [0.05, 0.1) is 0 Å². The zero-order valence-electron chi connectivity index (χ0n) is 11.5. The average Bonchev–Trinajstić information content (AvgIpc) is 2.74. The lowest BCUT2D eigenvalue weighted by Crippen LogP contribution is -2.25. The molecule has 1 rings (SSSR count). The third-order valence-corrected chi connectivity index (χ3v) is 2.58. The maximum atomic E-state index is 4.19. The molecule has 0 spiro atoms. The van der Waals surface area contributed by atoms with Crippen molar-refractivity contribution in [3.05, 3.63) is 0 Å². The fourth-order valence-corrected chi connectivity index (χ4v) is 1.60. The van der Waals surface area contributed by atoms with Crippen LogP contribution in [0.15, 0.2) is 10.2 Å². The molecular formula is C13H27N3. The van der Waals surface area contributed by atoms with E-state index in [1.807, 2.05) is 27.0 Å². The molecule has 0 aliphatic carbocycles. The fraction of sp³-hybridized carbons (Fsp3) is 0.846. The van der Waals surface area contributed by atoms with Gasteiger partial charge in [-0.2, -0.15) is 5.10 Å². The normalized spacial score (nSPS) is 21.2. The minimum absolute atomic E-state index is 0.805. The maximum absolute atomic E-state index is 4.19. The van der Waals surface area contributed by atoms with Crippen LogP contribution in [0.1, 0.15) is 53.9 Å². The number of rotatable bonds is 3. The van der Waals surface area contributed by atoms with Crippen LogP contribution in [-0.4, -0.2) is 30.0 Å². The molecule has 0 aromatic carbocycles. The Balaban J connectivity index is 0.00000106. The summed E-state index contributed by atoms with van der Waals surface area (Å²) in [5.74, 6) is 1.86. The van der Waals surface area contributed by atoms with Crippen molar-refractivity contribution in [3.63, 3.8) is 0 Å². The number of likely N-dealkylation sites (tertiary alicyclic amines) is 1. The van der Waals surface area contributed by atoms with E-state index in [1.54, 1.807) is 0 Å². The minimum Gasteiger partial charge on any atom is -0.359 e. The molecule has 1 aliphatic heterocycles. The Hall–Kier alpha value is -0.860. The Kier molecular flexibility index (Phi) is 8.87. The first-order valence-corrected chi connectivity index (χ1v) is 6.55. The molecule has 0 radical (unpaired) electrons. The first-order valence-electron chi connectivity index (χ1n) is 6.55. The summed E-state index contributed by atoms with van der Waals surface area (Å²) in [5, 5.41) is 8.24. The molecule has 1 atom stereocenters. The van der Waals surface area contributed by atoms with Crippen molar-refractivity contribution in [2.24, 2.45) is 16.1 Å². The van der Waals surface area contributed by atoms with Gasteiger partial charge in [0.2, 0.25) is 0 Å². The molecule has 1 unspecified atom stereocenters.